The summed E-state index contributed by atoms with van der Waals surface area (Å²) in [5.74, 6) is 0.160. The highest BCUT2D eigenvalue weighted by Gasteiger charge is 2.15. The number of hydrogen-bond donors (Lipinski definition) is 0. The zero-order chi connectivity index (χ0) is 15.3. The summed E-state index contributed by atoms with van der Waals surface area (Å²) in [4.78, 5) is 11.7. The van der Waals surface area contributed by atoms with Crippen LogP contribution in [0.2, 0.25) is 0 Å². The van der Waals surface area contributed by atoms with Crippen molar-refractivity contribution in [2.45, 2.75) is 11.8 Å². The molecule has 5 heteroatoms. The average molecular weight is 304 g/mol. The standard InChI is InChI=1S/C16H16O4S/c1-13(17)15-9-5-6-10-16(15)20-11-12-21(18,19)14-7-3-2-4-8-14/h2-10H,11-12H2,1H3. The van der Waals surface area contributed by atoms with Crippen LogP contribution in [0.1, 0.15) is 17.3 Å². The zero-order valence-electron chi connectivity index (χ0n) is 11.7. The second-order valence-corrected chi connectivity index (χ2v) is 6.64. The molecule has 0 radical (unpaired) electrons. The minimum Gasteiger partial charge on any atom is -0.492 e. The molecule has 2 aromatic carbocycles. The number of carbonyl (C=O) groups excluding carboxylic acids is 1. The summed E-state index contributed by atoms with van der Waals surface area (Å²) < 4.78 is 29.6. The molecule has 0 spiro atoms. The normalized spacial score (nSPS) is 11.1. The van der Waals surface area contributed by atoms with Gasteiger partial charge >= 0.3 is 0 Å². The van der Waals surface area contributed by atoms with Crippen molar-refractivity contribution in [1.29, 1.82) is 0 Å². The van der Waals surface area contributed by atoms with E-state index in [9.17, 15) is 13.2 Å². The van der Waals surface area contributed by atoms with Gasteiger partial charge in [-0.1, -0.05) is 30.3 Å². The van der Waals surface area contributed by atoms with Crippen LogP contribution in [0.5, 0.6) is 5.75 Å². The number of sulfone groups is 1. The van der Waals surface area contributed by atoms with Crippen molar-refractivity contribution < 1.29 is 17.9 Å². The van der Waals surface area contributed by atoms with Gasteiger partial charge in [-0.3, -0.25) is 4.79 Å². The number of carbonyl (C=O) groups is 1. The molecule has 0 unspecified atom stereocenters. The Balaban J connectivity index is 2.04. The van der Waals surface area contributed by atoms with Crippen LogP contribution in [0.25, 0.3) is 0 Å². The molecule has 0 fully saturated rings. The third-order valence-corrected chi connectivity index (χ3v) is 4.67. The Bertz CT molecular complexity index is 721. The van der Waals surface area contributed by atoms with E-state index < -0.39 is 9.84 Å². The largest absolute Gasteiger partial charge is 0.492 e. The Morgan fingerprint density at radius 2 is 1.62 bits per heavy atom. The quantitative estimate of drug-likeness (QED) is 0.770. The Morgan fingerprint density at radius 1 is 1.00 bits per heavy atom. The number of rotatable bonds is 6. The van der Waals surface area contributed by atoms with Crippen molar-refractivity contribution >= 4 is 15.6 Å². The van der Waals surface area contributed by atoms with E-state index in [4.69, 9.17) is 4.74 Å². The van der Waals surface area contributed by atoms with Gasteiger partial charge in [-0.25, -0.2) is 8.42 Å². The molecular formula is C16H16O4S. The van der Waals surface area contributed by atoms with Gasteiger partial charge in [0.05, 0.1) is 16.2 Å². The summed E-state index contributed by atoms with van der Waals surface area (Å²) in [5, 5.41) is 0. The fourth-order valence-corrected chi connectivity index (χ4v) is 3.00. The molecule has 2 rings (SSSR count). The maximum atomic E-state index is 12.1. The maximum absolute atomic E-state index is 12.1. The molecule has 0 aliphatic rings. The number of para-hydroxylation sites is 1. The summed E-state index contributed by atoms with van der Waals surface area (Å²) in [6.07, 6.45) is 0. The molecule has 0 aliphatic heterocycles. The first-order valence-corrected chi connectivity index (χ1v) is 8.16. The van der Waals surface area contributed by atoms with Crippen LogP contribution >= 0.6 is 0 Å². The fraction of sp³-hybridized carbons (Fsp3) is 0.188. The topological polar surface area (TPSA) is 60.4 Å². The minimum atomic E-state index is -3.37. The molecule has 2 aromatic rings. The van der Waals surface area contributed by atoms with Gasteiger partial charge in [-0.05, 0) is 31.2 Å². The van der Waals surface area contributed by atoms with Gasteiger partial charge in [-0.2, -0.15) is 0 Å². The lowest BCUT2D eigenvalue weighted by Gasteiger charge is -2.10. The van der Waals surface area contributed by atoms with E-state index in [1.165, 1.54) is 6.92 Å². The lowest BCUT2D eigenvalue weighted by molar-refractivity contribution is 0.101. The van der Waals surface area contributed by atoms with E-state index in [2.05, 4.69) is 0 Å². The predicted molar refractivity (Wildman–Crippen MR) is 80.4 cm³/mol. The van der Waals surface area contributed by atoms with Crippen LogP contribution < -0.4 is 4.74 Å². The van der Waals surface area contributed by atoms with Crippen LogP contribution in [0.15, 0.2) is 59.5 Å². The highest BCUT2D eigenvalue weighted by Crippen LogP contribution is 2.19. The van der Waals surface area contributed by atoms with Crippen molar-refractivity contribution in [3.63, 3.8) is 0 Å². The van der Waals surface area contributed by atoms with Crippen molar-refractivity contribution in [3.05, 3.63) is 60.2 Å². The maximum Gasteiger partial charge on any atom is 0.181 e. The van der Waals surface area contributed by atoms with Gasteiger partial charge in [0.25, 0.3) is 0 Å². The van der Waals surface area contributed by atoms with Gasteiger partial charge in [0, 0.05) is 0 Å². The number of ether oxygens (including phenoxy) is 1. The van der Waals surface area contributed by atoms with E-state index in [1.54, 1.807) is 54.6 Å². The molecule has 0 saturated heterocycles. The van der Waals surface area contributed by atoms with Crippen LogP contribution in [-0.2, 0) is 9.84 Å². The van der Waals surface area contributed by atoms with Crippen molar-refractivity contribution in [2.75, 3.05) is 12.4 Å². The van der Waals surface area contributed by atoms with E-state index in [0.29, 0.717) is 11.3 Å². The van der Waals surface area contributed by atoms with Gasteiger partial charge in [0.2, 0.25) is 0 Å². The summed E-state index contributed by atoms with van der Waals surface area (Å²) in [7, 11) is -3.37. The van der Waals surface area contributed by atoms with Crippen LogP contribution in [0.3, 0.4) is 0 Å². The Kier molecular flexibility index (Phi) is 4.75. The Hall–Kier alpha value is -2.14. The van der Waals surface area contributed by atoms with Crippen LogP contribution in [-0.4, -0.2) is 26.6 Å². The fourth-order valence-electron chi connectivity index (χ4n) is 1.89. The van der Waals surface area contributed by atoms with Crippen molar-refractivity contribution in [2.24, 2.45) is 0 Å². The van der Waals surface area contributed by atoms with Gasteiger partial charge in [0.15, 0.2) is 15.6 Å². The van der Waals surface area contributed by atoms with Crippen molar-refractivity contribution in [3.8, 4) is 5.75 Å². The first-order chi connectivity index (χ1) is 10.0. The summed E-state index contributed by atoms with van der Waals surface area (Å²) in [6.45, 7) is 1.45. The number of benzene rings is 2. The molecular weight excluding hydrogens is 288 g/mol. The molecule has 0 saturated carbocycles. The molecule has 21 heavy (non-hydrogen) atoms. The summed E-state index contributed by atoms with van der Waals surface area (Å²) >= 11 is 0. The molecule has 0 N–H and O–H groups in total. The monoisotopic (exact) mass is 304 g/mol. The minimum absolute atomic E-state index is 0.00151. The predicted octanol–water partition coefficient (Wildman–Crippen LogP) is 2.74. The van der Waals surface area contributed by atoms with Gasteiger partial charge in [-0.15, -0.1) is 0 Å². The van der Waals surface area contributed by atoms with E-state index in [0.717, 1.165) is 0 Å². The Labute approximate surface area is 124 Å². The molecule has 0 bridgehead atoms. The second-order valence-electron chi connectivity index (χ2n) is 4.53. The van der Waals surface area contributed by atoms with Crippen LogP contribution in [0.4, 0.5) is 0 Å². The first kappa shape index (κ1) is 15.3. The van der Waals surface area contributed by atoms with Crippen molar-refractivity contribution in [1.82, 2.24) is 0 Å². The zero-order valence-corrected chi connectivity index (χ0v) is 12.5. The smallest absolute Gasteiger partial charge is 0.181 e. The van der Waals surface area contributed by atoms with Gasteiger partial charge in [0.1, 0.15) is 12.4 Å². The van der Waals surface area contributed by atoms with Gasteiger partial charge < -0.3 is 4.74 Å². The van der Waals surface area contributed by atoms with E-state index >= 15 is 0 Å². The molecule has 4 nitrogen and oxygen atoms in total. The van der Waals surface area contributed by atoms with Crippen LogP contribution in [0, 0.1) is 0 Å². The first-order valence-electron chi connectivity index (χ1n) is 6.51. The lowest BCUT2D eigenvalue weighted by atomic mass is 10.1. The third kappa shape index (κ3) is 3.92. The molecule has 0 aromatic heterocycles. The number of ketones is 1. The SMILES string of the molecule is CC(=O)c1ccccc1OCCS(=O)(=O)c1ccccc1. The molecule has 0 atom stereocenters. The highest BCUT2D eigenvalue weighted by molar-refractivity contribution is 7.91. The second kappa shape index (κ2) is 6.54. The number of hydrogen-bond acceptors (Lipinski definition) is 4. The molecule has 0 heterocycles. The molecule has 0 amide bonds. The van der Waals surface area contributed by atoms with E-state index in [-0.39, 0.29) is 23.0 Å². The highest BCUT2D eigenvalue weighted by atomic mass is 32.2. The summed E-state index contributed by atoms with van der Waals surface area (Å²) in [5.41, 5.74) is 0.453. The molecule has 0 aliphatic carbocycles. The molecule has 110 valence electrons. The van der Waals surface area contributed by atoms with E-state index in [1.807, 2.05) is 0 Å². The average Bonchev–Trinajstić information content (AvgIpc) is 2.48. The Morgan fingerprint density at radius 3 is 2.29 bits per heavy atom. The third-order valence-electron chi connectivity index (χ3n) is 2.98. The lowest BCUT2D eigenvalue weighted by Crippen LogP contribution is -2.15. The number of Topliss-reactive ketones (excluding diaryl/α,β-unsaturated/α-hetero) is 1. The summed E-state index contributed by atoms with van der Waals surface area (Å²) in [6, 6.07) is 15.0.